The molecule has 0 bridgehead atoms. The Morgan fingerprint density at radius 2 is 1.72 bits per heavy atom. The van der Waals surface area contributed by atoms with Gasteiger partial charge in [-0.05, 0) is 23.8 Å². The van der Waals surface area contributed by atoms with Crippen LogP contribution in [0.5, 0.6) is 0 Å². The van der Waals surface area contributed by atoms with Gasteiger partial charge in [-0.2, -0.15) is 18.3 Å². The fourth-order valence-electron chi connectivity index (χ4n) is 1.88. The van der Waals surface area contributed by atoms with Crippen LogP contribution in [0.2, 0.25) is 0 Å². The van der Waals surface area contributed by atoms with Crippen molar-refractivity contribution in [3.8, 4) is 0 Å². The van der Waals surface area contributed by atoms with Crippen molar-refractivity contribution in [2.24, 2.45) is 5.10 Å². The molecule has 2 aromatic rings. The van der Waals surface area contributed by atoms with Gasteiger partial charge >= 0.3 is 6.18 Å². The third-order valence-corrected chi connectivity index (χ3v) is 3.00. The van der Waals surface area contributed by atoms with Crippen LogP contribution in [0.15, 0.2) is 59.7 Å². The lowest BCUT2D eigenvalue weighted by Gasteiger charge is -2.09. The third-order valence-electron chi connectivity index (χ3n) is 3.00. The number of nitrogens with one attached hydrogen (secondary N) is 2. The summed E-state index contributed by atoms with van der Waals surface area (Å²) in [6.07, 6.45) is -3.67. The van der Waals surface area contributed by atoms with E-state index in [1.807, 2.05) is 6.07 Å². The van der Waals surface area contributed by atoms with Gasteiger partial charge in [0.1, 0.15) is 6.42 Å². The Kier molecular flexibility index (Phi) is 5.89. The fraction of sp³-hybridized carbons (Fsp3) is 0.118. The molecule has 25 heavy (non-hydrogen) atoms. The van der Waals surface area contributed by atoms with Crippen molar-refractivity contribution in [2.75, 3.05) is 5.32 Å². The summed E-state index contributed by atoms with van der Waals surface area (Å²) in [5, 5.41) is 5.94. The zero-order valence-electron chi connectivity index (χ0n) is 12.9. The molecule has 0 aliphatic carbocycles. The minimum Gasteiger partial charge on any atom is -0.326 e. The number of amides is 2. The molecule has 0 fully saturated rings. The number of carbonyl (C=O) groups excluding carboxylic acids is 2. The molecule has 2 rings (SSSR count). The van der Waals surface area contributed by atoms with Crippen molar-refractivity contribution in [3.05, 3.63) is 65.7 Å². The first-order chi connectivity index (χ1) is 11.8. The summed E-state index contributed by atoms with van der Waals surface area (Å²) in [6, 6.07) is 13.1. The first kappa shape index (κ1) is 18.2. The quantitative estimate of drug-likeness (QED) is 0.494. The molecule has 8 heteroatoms. The van der Waals surface area contributed by atoms with Crippen LogP contribution in [0.1, 0.15) is 17.5 Å². The maximum Gasteiger partial charge on any atom is 0.416 e. The van der Waals surface area contributed by atoms with Crippen molar-refractivity contribution in [3.63, 3.8) is 0 Å². The molecule has 0 unspecified atom stereocenters. The zero-order valence-corrected chi connectivity index (χ0v) is 12.9. The molecule has 0 heterocycles. The van der Waals surface area contributed by atoms with E-state index in [0.29, 0.717) is 0 Å². The second kappa shape index (κ2) is 8.09. The molecule has 5 nitrogen and oxygen atoms in total. The second-order valence-corrected chi connectivity index (χ2v) is 5.01. The predicted octanol–water partition coefficient (Wildman–Crippen LogP) is 3.18. The molecule has 0 saturated heterocycles. The molecule has 0 radical (unpaired) electrons. The number of anilines is 1. The van der Waals surface area contributed by atoms with Gasteiger partial charge in [-0.25, -0.2) is 5.43 Å². The summed E-state index contributed by atoms with van der Waals surface area (Å²) in [5.41, 5.74) is 2.01. The Hall–Kier alpha value is -3.16. The Morgan fingerprint density at radius 1 is 1.00 bits per heavy atom. The predicted molar refractivity (Wildman–Crippen MR) is 86.9 cm³/mol. The van der Waals surface area contributed by atoms with Crippen molar-refractivity contribution in [1.82, 2.24) is 5.43 Å². The van der Waals surface area contributed by atoms with Gasteiger partial charge in [0.15, 0.2) is 0 Å². The molecular weight excluding hydrogens is 335 g/mol. The number of benzene rings is 2. The van der Waals surface area contributed by atoms with Crippen molar-refractivity contribution in [2.45, 2.75) is 12.6 Å². The lowest BCUT2D eigenvalue weighted by molar-refractivity contribution is -0.137. The molecule has 0 aliphatic rings. The molecule has 0 aliphatic heterocycles. The van der Waals surface area contributed by atoms with Gasteiger partial charge in [0.2, 0.25) is 11.8 Å². The van der Waals surface area contributed by atoms with Crippen LogP contribution in [-0.4, -0.2) is 18.0 Å². The van der Waals surface area contributed by atoms with Crippen LogP contribution in [0.3, 0.4) is 0 Å². The summed E-state index contributed by atoms with van der Waals surface area (Å²) < 4.78 is 37.8. The van der Waals surface area contributed by atoms with Crippen LogP contribution in [0.25, 0.3) is 0 Å². The van der Waals surface area contributed by atoms with E-state index in [4.69, 9.17) is 0 Å². The number of nitrogens with zero attached hydrogens (tertiary/aromatic N) is 1. The highest BCUT2D eigenvalue weighted by atomic mass is 19.4. The highest BCUT2D eigenvalue weighted by molar-refractivity contribution is 6.03. The summed E-state index contributed by atoms with van der Waals surface area (Å²) in [5.74, 6) is -1.43. The first-order valence-electron chi connectivity index (χ1n) is 7.18. The smallest absolute Gasteiger partial charge is 0.326 e. The second-order valence-electron chi connectivity index (χ2n) is 5.01. The number of alkyl halides is 3. The molecule has 0 saturated carbocycles. The van der Waals surface area contributed by atoms with Crippen molar-refractivity contribution >= 4 is 23.7 Å². The maximum atomic E-state index is 12.6. The number of hydrogen-bond donors (Lipinski definition) is 2. The normalized spacial score (nSPS) is 11.3. The largest absolute Gasteiger partial charge is 0.416 e. The number of carbonyl (C=O) groups is 2. The van der Waals surface area contributed by atoms with E-state index in [-0.39, 0.29) is 5.69 Å². The third kappa shape index (κ3) is 6.09. The molecule has 0 aromatic heterocycles. The first-order valence-corrected chi connectivity index (χ1v) is 7.18. The number of rotatable bonds is 5. The lowest BCUT2D eigenvalue weighted by Crippen LogP contribution is -2.24. The van der Waals surface area contributed by atoms with Crippen LogP contribution in [0, 0.1) is 0 Å². The van der Waals surface area contributed by atoms with E-state index in [2.05, 4.69) is 15.8 Å². The standard InChI is InChI=1S/C17H14F3N3O2/c18-17(19,20)13-7-4-8-14(9-13)22-15(24)10-16(25)23-21-11-12-5-2-1-3-6-12/h1-9,11H,10H2,(H,22,24)(H,23,25)/b21-11+. The average Bonchev–Trinajstić information content (AvgIpc) is 2.55. The summed E-state index contributed by atoms with van der Waals surface area (Å²) in [7, 11) is 0. The van der Waals surface area contributed by atoms with E-state index >= 15 is 0 Å². The Morgan fingerprint density at radius 3 is 2.40 bits per heavy atom. The van der Waals surface area contributed by atoms with Crippen LogP contribution < -0.4 is 10.7 Å². The van der Waals surface area contributed by atoms with Crippen LogP contribution >= 0.6 is 0 Å². The minimum atomic E-state index is -4.51. The van der Waals surface area contributed by atoms with E-state index in [1.54, 1.807) is 24.3 Å². The van der Waals surface area contributed by atoms with Gasteiger partial charge in [0.25, 0.3) is 0 Å². The monoisotopic (exact) mass is 349 g/mol. The molecule has 2 amide bonds. The van der Waals surface area contributed by atoms with Crippen molar-refractivity contribution < 1.29 is 22.8 Å². The molecular formula is C17H14F3N3O2. The number of hydrazone groups is 1. The minimum absolute atomic E-state index is 0.0413. The van der Waals surface area contributed by atoms with E-state index in [1.165, 1.54) is 18.3 Å². The summed E-state index contributed by atoms with van der Waals surface area (Å²) in [4.78, 5) is 23.3. The zero-order chi connectivity index (χ0) is 18.3. The van der Waals surface area contributed by atoms with Gasteiger partial charge < -0.3 is 5.32 Å². The van der Waals surface area contributed by atoms with Gasteiger partial charge in [0.05, 0.1) is 11.8 Å². The number of hydrogen-bond acceptors (Lipinski definition) is 3. The molecule has 2 aromatic carbocycles. The van der Waals surface area contributed by atoms with E-state index < -0.39 is 30.0 Å². The van der Waals surface area contributed by atoms with Gasteiger partial charge in [-0.1, -0.05) is 36.4 Å². The van der Waals surface area contributed by atoms with Gasteiger partial charge in [-0.3, -0.25) is 9.59 Å². The SMILES string of the molecule is O=C(CC(=O)Nc1cccc(C(F)(F)F)c1)N/N=C/c1ccccc1. The van der Waals surface area contributed by atoms with Crippen LogP contribution in [0.4, 0.5) is 18.9 Å². The van der Waals surface area contributed by atoms with Crippen molar-refractivity contribution in [1.29, 1.82) is 0 Å². The Balaban J connectivity index is 1.85. The van der Waals surface area contributed by atoms with Gasteiger partial charge in [-0.15, -0.1) is 0 Å². The lowest BCUT2D eigenvalue weighted by atomic mass is 10.2. The molecule has 0 spiro atoms. The molecule has 0 atom stereocenters. The molecule has 130 valence electrons. The summed E-state index contributed by atoms with van der Waals surface area (Å²) in [6.45, 7) is 0. The van der Waals surface area contributed by atoms with E-state index in [0.717, 1.165) is 17.7 Å². The van der Waals surface area contributed by atoms with Crippen LogP contribution in [-0.2, 0) is 15.8 Å². The Bertz CT molecular complexity index is 774. The molecule has 2 N–H and O–H groups in total. The summed E-state index contributed by atoms with van der Waals surface area (Å²) >= 11 is 0. The number of halogens is 3. The Labute approximate surface area is 141 Å². The maximum absolute atomic E-state index is 12.6. The topological polar surface area (TPSA) is 70.6 Å². The van der Waals surface area contributed by atoms with E-state index in [9.17, 15) is 22.8 Å². The highest BCUT2D eigenvalue weighted by Crippen LogP contribution is 2.30. The van der Waals surface area contributed by atoms with Gasteiger partial charge in [0, 0.05) is 5.69 Å². The fourth-order valence-corrected chi connectivity index (χ4v) is 1.88. The highest BCUT2D eigenvalue weighted by Gasteiger charge is 2.30. The average molecular weight is 349 g/mol.